The van der Waals surface area contributed by atoms with Gasteiger partial charge in [-0.15, -0.1) is 0 Å². The molecule has 2 rings (SSSR count). The van der Waals surface area contributed by atoms with Gasteiger partial charge in [-0.25, -0.2) is 9.48 Å². The minimum absolute atomic E-state index is 0.173. The van der Waals surface area contributed by atoms with Gasteiger partial charge in [0, 0.05) is 13.2 Å². The number of nitrogens with two attached hydrogens (primary N) is 1. The number of rotatable bonds is 3. The molecule has 3 N–H and O–H groups in total. The van der Waals surface area contributed by atoms with Crippen molar-refractivity contribution in [2.75, 3.05) is 5.43 Å². The van der Waals surface area contributed by atoms with E-state index in [-0.39, 0.29) is 5.69 Å². The summed E-state index contributed by atoms with van der Waals surface area (Å²) in [6.45, 7) is 0.329. The van der Waals surface area contributed by atoms with Crippen molar-refractivity contribution < 1.29 is 0 Å². The van der Waals surface area contributed by atoms with Crippen molar-refractivity contribution >= 4 is 5.69 Å². The molecule has 0 amide bonds. The van der Waals surface area contributed by atoms with Crippen molar-refractivity contribution in [3.05, 3.63) is 40.8 Å². The Balaban J connectivity index is 2.27. The highest BCUT2D eigenvalue weighted by atomic mass is 16.2. The number of nitrogens with one attached hydrogen (secondary N) is 1. The van der Waals surface area contributed by atoms with Gasteiger partial charge in [0.25, 0.3) is 0 Å². The fourth-order valence-corrected chi connectivity index (χ4v) is 1.34. The Morgan fingerprint density at radius 2 is 2.38 bits per heavy atom. The number of anilines is 1. The fraction of sp³-hybridized carbons (Fsp3) is 0.222. The molecule has 0 aliphatic heterocycles. The maximum Gasteiger partial charge on any atom is 0.345 e. The fourth-order valence-electron chi connectivity index (χ4n) is 1.34. The summed E-state index contributed by atoms with van der Waals surface area (Å²) >= 11 is 0. The molecule has 0 fully saturated rings. The van der Waals surface area contributed by atoms with Gasteiger partial charge in [0.2, 0.25) is 0 Å². The Morgan fingerprint density at radius 3 is 3.00 bits per heavy atom. The Bertz CT molecular complexity index is 543. The van der Waals surface area contributed by atoms with Crippen molar-refractivity contribution in [3.63, 3.8) is 0 Å². The summed E-state index contributed by atoms with van der Waals surface area (Å²) in [6, 6.07) is 3.51. The van der Waals surface area contributed by atoms with Crippen molar-refractivity contribution in [3.8, 4) is 0 Å². The first-order chi connectivity index (χ1) is 7.70. The van der Waals surface area contributed by atoms with E-state index in [1.54, 1.807) is 25.4 Å². The second-order valence-electron chi connectivity index (χ2n) is 3.36. The number of nitrogens with zero attached hydrogens (tertiary/aromatic N) is 4. The van der Waals surface area contributed by atoms with Gasteiger partial charge >= 0.3 is 5.69 Å². The number of aromatic nitrogens is 4. The number of pyridine rings is 1. The summed E-state index contributed by atoms with van der Waals surface area (Å²) < 4.78 is 2.74. The molecule has 2 aromatic rings. The topological polar surface area (TPSA) is 90.8 Å². The van der Waals surface area contributed by atoms with Crippen LogP contribution in [-0.4, -0.2) is 19.3 Å². The van der Waals surface area contributed by atoms with Crippen LogP contribution in [0.25, 0.3) is 0 Å². The quantitative estimate of drug-likeness (QED) is 0.528. The Kier molecular flexibility index (Phi) is 2.69. The molecule has 0 spiro atoms. The zero-order valence-electron chi connectivity index (χ0n) is 8.79. The number of nitrogen functional groups attached to an aromatic ring is 1. The third-order valence-corrected chi connectivity index (χ3v) is 2.18. The van der Waals surface area contributed by atoms with E-state index >= 15 is 0 Å². The van der Waals surface area contributed by atoms with Crippen LogP contribution in [0.3, 0.4) is 0 Å². The Hall–Kier alpha value is -2.15. The summed E-state index contributed by atoms with van der Waals surface area (Å²) in [4.78, 5) is 15.7. The summed E-state index contributed by atoms with van der Waals surface area (Å²) in [6.07, 6.45) is 3.09. The smallest absolute Gasteiger partial charge is 0.324 e. The van der Waals surface area contributed by atoms with Crippen LogP contribution in [0.2, 0.25) is 0 Å². The highest BCUT2D eigenvalue weighted by Crippen LogP contribution is 2.06. The zero-order chi connectivity index (χ0) is 11.5. The largest absolute Gasteiger partial charge is 0.345 e. The van der Waals surface area contributed by atoms with Crippen LogP contribution >= 0.6 is 0 Å². The molecule has 0 bridgehead atoms. The van der Waals surface area contributed by atoms with E-state index < -0.39 is 0 Å². The summed E-state index contributed by atoms with van der Waals surface area (Å²) in [5, 5.41) is 3.94. The van der Waals surface area contributed by atoms with Crippen LogP contribution in [0.1, 0.15) is 5.69 Å². The average molecular weight is 220 g/mol. The van der Waals surface area contributed by atoms with Gasteiger partial charge in [0.15, 0.2) is 0 Å². The molecular weight excluding hydrogens is 208 g/mol. The number of hydrazine groups is 1. The maximum atomic E-state index is 11.5. The van der Waals surface area contributed by atoms with Gasteiger partial charge < -0.3 is 5.43 Å². The van der Waals surface area contributed by atoms with Crippen molar-refractivity contribution in [2.45, 2.75) is 6.54 Å². The van der Waals surface area contributed by atoms with E-state index in [4.69, 9.17) is 5.84 Å². The van der Waals surface area contributed by atoms with E-state index in [0.29, 0.717) is 6.54 Å². The van der Waals surface area contributed by atoms with E-state index in [9.17, 15) is 4.79 Å². The van der Waals surface area contributed by atoms with Crippen LogP contribution in [0, 0.1) is 0 Å². The highest BCUT2D eigenvalue weighted by Gasteiger charge is 2.03. The molecule has 84 valence electrons. The van der Waals surface area contributed by atoms with Crippen molar-refractivity contribution in [1.82, 2.24) is 19.3 Å². The number of hydrogen-bond donors (Lipinski definition) is 2. The van der Waals surface area contributed by atoms with E-state index in [0.717, 1.165) is 11.4 Å². The molecule has 0 atom stereocenters. The van der Waals surface area contributed by atoms with E-state index in [1.807, 2.05) is 0 Å². The normalized spacial score (nSPS) is 10.4. The number of aryl methyl sites for hydroxylation is 1. The van der Waals surface area contributed by atoms with Crippen LogP contribution in [0.15, 0.2) is 29.5 Å². The van der Waals surface area contributed by atoms with Gasteiger partial charge in [0.05, 0.1) is 17.9 Å². The van der Waals surface area contributed by atoms with E-state index in [2.05, 4.69) is 15.5 Å². The predicted molar refractivity (Wildman–Crippen MR) is 58.6 cm³/mol. The minimum atomic E-state index is -0.173. The van der Waals surface area contributed by atoms with Gasteiger partial charge in [-0.05, 0) is 12.1 Å². The Labute approximate surface area is 91.5 Å². The zero-order valence-corrected chi connectivity index (χ0v) is 8.79. The van der Waals surface area contributed by atoms with Gasteiger partial charge in [-0.3, -0.25) is 15.4 Å². The summed E-state index contributed by atoms with van der Waals surface area (Å²) in [5.41, 5.74) is 3.81. The second-order valence-corrected chi connectivity index (χ2v) is 3.36. The third-order valence-electron chi connectivity index (χ3n) is 2.18. The van der Waals surface area contributed by atoms with Gasteiger partial charge in [-0.1, -0.05) is 0 Å². The Morgan fingerprint density at radius 1 is 1.56 bits per heavy atom. The molecule has 0 saturated carbocycles. The molecule has 0 radical (unpaired) electrons. The summed E-state index contributed by atoms with van der Waals surface area (Å²) in [5.74, 6) is 5.28. The molecular formula is C9H12N6O. The molecule has 0 saturated heterocycles. The third kappa shape index (κ3) is 1.94. The first kappa shape index (κ1) is 10.4. The summed E-state index contributed by atoms with van der Waals surface area (Å²) in [7, 11) is 1.65. The SMILES string of the molecule is Cn1cnn(Cc2cc(NN)ccn2)c1=O. The lowest BCUT2D eigenvalue weighted by molar-refractivity contribution is 0.635. The van der Waals surface area contributed by atoms with Gasteiger partial charge in [-0.2, -0.15) is 5.10 Å². The first-order valence-electron chi connectivity index (χ1n) is 4.70. The van der Waals surface area contributed by atoms with Crippen LogP contribution < -0.4 is 17.0 Å². The lowest BCUT2D eigenvalue weighted by Gasteiger charge is -2.02. The van der Waals surface area contributed by atoms with E-state index in [1.165, 1.54) is 15.6 Å². The molecule has 0 aromatic carbocycles. The first-order valence-corrected chi connectivity index (χ1v) is 4.70. The van der Waals surface area contributed by atoms with Gasteiger partial charge in [0.1, 0.15) is 6.33 Å². The molecule has 16 heavy (non-hydrogen) atoms. The highest BCUT2D eigenvalue weighted by molar-refractivity contribution is 5.41. The van der Waals surface area contributed by atoms with Crippen molar-refractivity contribution in [2.24, 2.45) is 12.9 Å². The molecule has 0 unspecified atom stereocenters. The standard InChI is InChI=1S/C9H12N6O/c1-14-6-12-15(9(14)16)5-8-4-7(13-10)2-3-11-8/h2-4,6H,5,10H2,1H3,(H,11,13). The monoisotopic (exact) mass is 220 g/mol. The average Bonchev–Trinajstić information content (AvgIpc) is 2.61. The molecule has 7 heteroatoms. The van der Waals surface area contributed by atoms with Crippen LogP contribution in [0.4, 0.5) is 5.69 Å². The van der Waals surface area contributed by atoms with Crippen molar-refractivity contribution in [1.29, 1.82) is 0 Å². The number of hydrogen-bond acceptors (Lipinski definition) is 5. The lowest BCUT2D eigenvalue weighted by atomic mass is 10.3. The minimum Gasteiger partial charge on any atom is -0.324 e. The molecule has 0 aliphatic carbocycles. The molecule has 2 heterocycles. The molecule has 0 aliphatic rings. The second kappa shape index (κ2) is 4.15. The van der Waals surface area contributed by atoms with Crippen LogP contribution in [0.5, 0.6) is 0 Å². The lowest BCUT2D eigenvalue weighted by Crippen LogP contribution is -2.23. The molecule has 7 nitrogen and oxygen atoms in total. The molecule has 2 aromatic heterocycles. The predicted octanol–water partition coefficient (Wildman–Crippen LogP) is -0.689. The maximum absolute atomic E-state index is 11.5. The van der Waals surface area contributed by atoms with Crippen LogP contribution in [-0.2, 0) is 13.6 Å².